The summed E-state index contributed by atoms with van der Waals surface area (Å²) in [5.74, 6) is 3.20. The Kier molecular flexibility index (Phi) is 5.76. The van der Waals surface area contributed by atoms with Crippen LogP contribution in [0.4, 0.5) is 5.95 Å². The molecule has 2 aliphatic rings. The molecule has 0 radical (unpaired) electrons. The van der Waals surface area contributed by atoms with E-state index in [4.69, 9.17) is 9.47 Å². The molecule has 3 atom stereocenters. The molecule has 1 aromatic rings. The van der Waals surface area contributed by atoms with Gasteiger partial charge in [-0.15, -0.1) is 10.2 Å². The molecule has 136 valence electrons. The Hall–Kier alpha value is -1.14. The van der Waals surface area contributed by atoms with Gasteiger partial charge in [0.05, 0.1) is 6.61 Å². The highest BCUT2D eigenvalue weighted by Crippen LogP contribution is 2.35. The highest BCUT2D eigenvalue weighted by atomic mass is 16.5. The largest absolute Gasteiger partial charge is 0.381 e. The van der Waals surface area contributed by atoms with Gasteiger partial charge in [-0.05, 0) is 32.1 Å². The number of aromatic nitrogens is 3. The molecule has 0 N–H and O–H groups in total. The maximum atomic E-state index is 5.92. The zero-order chi connectivity index (χ0) is 17.1. The van der Waals surface area contributed by atoms with Crippen LogP contribution in [0.2, 0.25) is 0 Å². The van der Waals surface area contributed by atoms with Crippen LogP contribution in [0.1, 0.15) is 58.9 Å². The van der Waals surface area contributed by atoms with Gasteiger partial charge in [-0.1, -0.05) is 20.8 Å². The molecule has 3 rings (SSSR count). The summed E-state index contributed by atoms with van der Waals surface area (Å²) in [7, 11) is 0. The Morgan fingerprint density at radius 2 is 2.08 bits per heavy atom. The van der Waals surface area contributed by atoms with Gasteiger partial charge in [-0.3, -0.25) is 4.57 Å². The first-order chi connectivity index (χ1) is 11.7. The van der Waals surface area contributed by atoms with Gasteiger partial charge < -0.3 is 14.4 Å². The SMILES string of the molecule is CCOC(CC)c1nnc(N2CCC3COCCC32)n1CC(C)C. The second kappa shape index (κ2) is 7.83. The van der Waals surface area contributed by atoms with E-state index in [0.717, 1.165) is 50.9 Å². The maximum absolute atomic E-state index is 5.92. The van der Waals surface area contributed by atoms with E-state index in [0.29, 0.717) is 24.5 Å². The Labute approximate surface area is 145 Å². The topological polar surface area (TPSA) is 52.4 Å². The number of rotatable bonds is 7. The average Bonchev–Trinajstić information content (AvgIpc) is 3.16. The normalized spacial score (nSPS) is 25.3. The average molecular weight is 336 g/mol. The standard InChI is InChI=1S/C18H32N4O2/c1-5-16(24-6-2)17-19-20-18(22(17)11-13(3)4)21-9-7-14-12-23-10-8-15(14)21/h13-16H,5-12H2,1-4H3. The third-order valence-electron chi connectivity index (χ3n) is 5.17. The Morgan fingerprint density at radius 1 is 1.25 bits per heavy atom. The van der Waals surface area contributed by atoms with Crippen molar-refractivity contribution < 1.29 is 9.47 Å². The van der Waals surface area contributed by atoms with Crippen LogP contribution in [0.3, 0.4) is 0 Å². The molecular weight excluding hydrogens is 304 g/mol. The summed E-state index contributed by atoms with van der Waals surface area (Å²) in [5.41, 5.74) is 0. The van der Waals surface area contributed by atoms with E-state index in [1.54, 1.807) is 0 Å². The van der Waals surface area contributed by atoms with E-state index in [1.807, 2.05) is 6.92 Å². The first-order valence-electron chi connectivity index (χ1n) is 9.54. The smallest absolute Gasteiger partial charge is 0.227 e. The van der Waals surface area contributed by atoms with Crippen LogP contribution in [-0.2, 0) is 16.0 Å². The molecule has 6 nitrogen and oxygen atoms in total. The van der Waals surface area contributed by atoms with Gasteiger partial charge in [0.2, 0.25) is 5.95 Å². The summed E-state index contributed by atoms with van der Waals surface area (Å²) < 4.78 is 13.9. The molecular formula is C18H32N4O2. The van der Waals surface area contributed by atoms with Crippen molar-refractivity contribution in [2.24, 2.45) is 11.8 Å². The minimum Gasteiger partial charge on any atom is -0.381 e. The number of nitrogens with zero attached hydrogens (tertiary/aromatic N) is 4. The summed E-state index contributed by atoms with van der Waals surface area (Å²) in [4.78, 5) is 2.48. The lowest BCUT2D eigenvalue weighted by molar-refractivity contribution is 0.0493. The van der Waals surface area contributed by atoms with Crippen molar-refractivity contribution in [2.75, 3.05) is 31.3 Å². The van der Waals surface area contributed by atoms with Crippen molar-refractivity contribution in [3.8, 4) is 0 Å². The zero-order valence-corrected chi connectivity index (χ0v) is 15.6. The summed E-state index contributed by atoms with van der Waals surface area (Å²) in [6, 6.07) is 0.550. The molecule has 3 unspecified atom stereocenters. The number of anilines is 1. The van der Waals surface area contributed by atoms with E-state index in [1.165, 1.54) is 6.42 Å². The van der Waals surface area contributed by atoms with E-state index >= 15 is 0 Å². The Morgan fingerprint density at radius 3 is 2.79 bits per heavy atom. The molecule has 0 aliphatic carbocycles. The lowest BCUT2D eigenvalue weighted by atomic mass is 9.97. The third kappa shape index (κ3) is 3.45. The molecule has 24 heavy (non-hydrogen) atoms. The van der Waals surface area contributed by atoms with Crippen LogP contribution in [0.25, 0.3) is 0 Å². The van der Waals surface area contributed by atoms with Crippen LogP contribution in [0, 0.1) is 11.8 Å². The number of hydrogen-bond acceptors (Lipinski definition) is 5. The molecule has 0 aromatic carbocycles. The van der Waals surface area contributed by atoms with Gasteiger partial charge in [0.1, 0.15) is 6.10 Å². The van der Waals surface area contributed by atoms with Gasteiger partial charge in [0.25, 0.3) is 0 Å². The fourth-order valence-corrected chi connectivity index (χ4v) is 4.06. The van der Waals surface area contributed by atoms with Gasteiger partial charge in [-0.25, -0.2) is 0 Å². The number of fused-ring (bicyclic) bond motifs is 1. The van der Waals surface area contributed by atoms with Crippen molar-refractivity contribution in [3.63, 3.8) is 0 Å². The maximum Gasteiger partial charge on any atom is 0.227 e. The van der Waals surface area contributed by atoms with Gasteiger partial charge in [0, 0.05) is 38.3 Å². The molecule has 3 heterocycles. The van der Waals surface area contributed by atoms with E-state index in [-0.39, 0.29) is 6.10 Å². The minimum atomic E-state index is 0.0306. The monoisotopic (exact) mass is 336 g/mol. The molecule has 2 aliphatic heterocycles. The quantitative estimate of drug-likeness (QED) is 0.766. The molecule has 6 heteroatoms. The number of hydrogen-bond donors (Lipinski definition) is 0. The summed E-state index contributed by atoms with van der Waals surface area (Å²) in [6.45, 7) is 13.1. The summed E-state index contributed by atoms with van der Waals surface area (Å²) in [6.07, 6.45) is 3.24. The van der Waals surface area contributed by atoms with Crippen LogP contribution >= 0.6 is 0 Å². The molecule has 1 aromatic heterocycles. The van der Waals surface area contributed by atoms with Crippen LogP contribution < -0.4 is 4.90 Å². The highest BCUT2D eigenvalue weighted by Gasteiger charge is 2.39. The van der Waals surface area contributed by atoms with Crippen molar-refractivity contribution in [1.29, 1.82) is 0 Å². The predicted molar refractivity (Wildman–Crippen MR) is 94.2 cm³/mol. The Bertz CT molecular complexity index is 531. The zero-order valence-electron chi connectivity index (χ0n) is 15.6. The van der Waals surface area contributed by atoms with Crippen molar-refractivity contribution in [2.45, 2.75) is 65.6 Å². The lowest BCUT2D eigenvalue weighted by Gasteiger charge is -2.32. The summed E-state index contributed by atoms with van der Waals surface area (Å²) >= 11 is 0. The second-order valence-corrected chi connectivity index (χ2v) is 7.39. The van der Waals surface area contributed by atoms with Crippen molar-refractivity contribution in [3.05, 3.63) is 5.82 Å². The first-order valence-corrected chi connectivity index (χ1v) is 9.54. The van der Waals surface area contributed by atoms with Crippen LogP contribution in [-0.4, -0.2) is 47.2 Å². The number of ether oxygens (including phenoxy) is 2. The van der Waals surface area contributed by atoms with Crippen molar-refractivity contribution in [1.82, 2.24) is 14.8 Å². The summed E-state index contributed by atoms with van der Waals surface area (Å²) in [5, 5.41) is 9.17. The molecule has 0 spiro atoms. The lowest BCUT2D eigenvalue weighted by Crippen LogP contribution is -2.40. The van der Waals surface area contributed by atoms with E-state index in [2.05, 4.69) is 40.4 Å². The fourth-order valence-electron chi connectivity index (χ4n) is 4.06. The molecule has 2 saturated heterocycles. The highest BCUT2D eigenvalue weighted by molar-refractivity contribution is 5.36. The van der Waals surface area contributed by atoms with Crippen LogP contribution in [0.15, 0.2) is 0 Å². The molecule has 0 amide bonds. The van der Waals surface area contributed by atoms with Gasteiger partial charge in [-0.2, -0.15) is 0 Å². The molecule has 2 fully saturated rings. The molecule has 0 bridgehead atoms. The molecule has 0 saturated carbocycles. The third-order valence-corrected chi connectivity index (χ3v) is 5.17. The van der Waals surface area contributed by atoms with Gasteiger partial charge >= 0.3 is 0 Å². The van der Waals surface area contributed by atoms with Crippen molar-refractivity contribution >= 4 is 5.95 Å². The van der Waals surface area contributed by atoms with Crippen LogP contribution in [0.5, 0.6) is 0 Å². The first kappa shape index (κ1) is 17.7. The Balaban J connectivity index is 1.90. The van der Waals surface area contributed by atoms with E-state index < -0.39 is 0 Å². The second-order valence-electron chi connectivity index (χ2n) is 7.39. The van der Waals surface area contributed by atoms with Gasteiger partial charge in [0.15, 0.2) is 5.82 Å². The predicted octanol–water partition coefficient (Wildman–Crippen LogP) is 3.04. The minimum absolute atomic E-state index is 0.0306. The fraction of sp³-hybridized carbons (Fsp3) is 0.889. The van der Waals surface area contributed by atoms with E-state index in [9.17, 15) is 0 Å².